The van der Waals surface area contributed by atoms with Crippen molar-refractivity contribution in [2.24, 2.45) is 0 Å². The van der Waals surface area contributed by atoms with Crippen LogP contribution in [-0.2, 0) is 17.6 Å². The first kappa shape index (κ1) is 9.52. The normalized spacial score (nSPS) is 14.9. The van der Waals surface area contributed by atoms with Crippen LogP contribution in [0.2, 0.25) is 0 Å². The molecule has 0 aromatic carbocycles. The van der Waals surface area contributed by atoms with E-state index < -0.39 is 5.97 Å². The van der Waals surface area contributed by atoms with Gasteiger partial charge < -0.3 is 9.84 Å². The molecule has 0 amide bonds. The first-order valence-electron chi connectivity index (χ1n) is 4.71. The summed E-state index contributed by atoms with van der Waals surface area (Å²) in [6, 6.07) is 0. The minimum absolute atomic E-state index is 0.233. The van der Waals surface area contributed by atoms with Crippen molar-refractivity contribution in [3.63, 3.8) is 0 Å². The van der Waals surface area contributed by atoms with Crippen molar-refractivity contribution in [1.29, 1.82) is 0 Å². The summed E-state index contributed by atoms with van der Waals surface area (Å²) >= 11 is 1.69. The first-order valence-corrected chi connectivity index (χ1v) is 5.59. The average Bonchev–Trinajstić information content (AvgIpc) is 2.58. The molecule has 0 radical (unpaired) electrons. The van der Waals surface area contributed by atoms with E-state index in [1.54, 1.807) is 11.3 Å². The van der Waals surface area contributed by atoms with Gasteiger partial charge in [0.15, 0.2) is 6.61 Å². The zero-order chi connectivity index (χ0) is 9.97. The van der Waals surface area contributed by atoms with Crippen molar-refractivity contribution >= 4 is 17.3 Å². The van der Waals surface area contributed by atoms with E-state index >= 15 is 0 Å². The fourth-order valence-electron chi connectivity index (χ4n) is 1.72. The molecule has 0 saturated heterocycles. The Morgan fingerprint density at radius 2 is 2.29 bits per heavy atom. The van der Waals surface area contributed by atoms with E-state index in [0.29, 0.717) is 0 Å². The lowest BCUT2D eigenvalue weighted by Gasteiger charge is -2.12. The van der Waals surface area contributed by atoms with Gasteiger partial charge in [0, 0.05) is 15.8 Å². The molecule has 4 heteroatoms. The van der Waals surface area contributed by atoms with Gasteiger partial charge in [-0.3, -0.25) is 0 Å². The third-order valence-corrected chi connectivity index (χ3v) is 3.44. The van der Waals surface area contributed by atoms with Crippen LogP contribution in [0.4, 0.5) is 0 Å². The highest BCUT2D eigenvalue weighted by Gasteiger charge is 2.16. The minimum atomic E-state index is -0.916. The summed E-state index contributed by atoms with van der Waals surface area (Å²) < 4.78 is 5.22. The second kappa shape index (κ2) is 4.00. The smallest absolute Gasteiger partial charge is 0.341 e. The van der Waals surface area contributed by atoms with Crippen LogP contribution in [0.5, 0.6) is 5.75 Å². The number of carboxylic acids is 1. The fraction of sp³-hybridized carbons (Fsp3) is 0.500. The number of fused-ring (bicyclic) bond motifs is 1. The molecule has 14 heavy (non-hydrogen) atoms. The number of hydrogen-bond donors (Lipinski definition) is 1. The van der Waals surface area contributed by atoms with E-state index in [-0.39, 0.29) is 6.61 Å². The van der Waals surface area contributed by atoms with E-state index in [0.717, 1.165) is 18.6 Å². The van der Waals surface area contributed by atoms with Crippen LogP contribution in [0.15, 0.2) is 5.38 Å². The largest absolute Gasteiger partial charge is 0.481 e. The molecule has 0 unspecified atom stereocenters. The molecular formula is C10H12O3S. The molecule has 0 fully saturated rings. The zero-order valence-corrected chi connectivity index (χ0v) is 8.60. The zero-order valence-electron chi connectivity index (χ0n) is 7.78. The molecule has 1 aromatic heterocycles. The Hall–Kier alpha value is -1.03. The SMILES string of the molecule is O=C(O)COc1csc2c1CCCC2. The summed E-state index contributed by atoms with van der Waals surface area (Å²) in [7, 11) is 0. The number of rotatable bonds is 3. The molecule has 0 spiro atoms. The molecule has 2 rings (SSSR count). The highest BCUT2D eigenvalue weighted by Crippen LogP contribution is 2.35. The molecule has 3 nitrogen and oxygen atoms in total. The van der Waals surface area contributed by atoms with Gasteiger partial charge in [-0.2, -0.15) is 0 Å². The molecule has 0 bridgehead atoms. The highest BCUT2D eigenvalue weighted by atomic mass is 32.1. The molecule has 0 aliphatic heterocycles. The second-order valence-corrected chi connectivity index (χ2v) is 4.36. The number of hydrogen-bond acceptors (Lipinski definition) is 3. The van der Waals surface area contributed by atoms with Crippen molar-refractivity contribution in [3.8, 4) is 5.75 Å². The Balaban J connectivity index is 2.10. The number of thiophene rings is 1. The van der Waals surface area contributed by atoms with Crippen LogP contribution in [0.1, 0.15) is 23.3 Å². The van der Waals surface area contributed by atoms with Gasteiger partial charge in [0.05, 0.1) is 0 Å². The van der Waals surface area contributed by atoms with Crippen molar-refractivity contribution < 1.29 is 14.6 Å². The summed E-state index contributed by atoms with van der Waals surface area (Å²) in [5.41, 5.74) is 1.24. The van der Waals surface area contributed by atoms with Crippen LogP contribution in [0, 0.1) is 0 Å². The van der Waals surface area contributed by atoms with Crippen LogP contribution < -0.4 is 4.74 Å². The molecule has 1 aliphatic rings. The molecule has 0 saturated carbocycles. The third-order valence-electron chi connectivity index (χ3n) is 2.37. The van der Waals surface area contributed by atoms with E-state index in [1.807, 2.05) is 5.38 Å². The van der Waals surface area contributed by atoms with Crippen molar-refractivity contribution in [2.45, 2.75) is 25.7 Å². The maximum atomic E-state index is 10.3. The number of ether oxygens (including phenoxy) is 1. The van der Waals surface area contributed by atoms with E-state index in [2.05, 4.69) is 0 Å². The quantitative estimate of drug-likeness (QED) is 0.834. The summed E-state index contributed by atoms with van der Waals surface area (Å²) in [6.45, 7) is -0.233. The predicted molar refractivity (Wildman–Crippen MR) is 54.1 cm³/mol. The molecule has 1 heterocycles. The van der Waals surface area contributed by atoms with Gasteiger partial charge in [0.25, 0.3) is 0 Å². The van der Waals surface area contributed by atoms with Gasteiger partial charge in [0.2, 0.25) is 0 Å². The van der Waals surface area contributed by atoms with Gasteiger partial charge in [-0.05, 0) is 25.7 Å². The third kappa shape index (κ3) is 1.90. The predicted octanol–water partition coefficient (Wildman–Crippen LogP) is 2.09. The Morgan fingerprint density at radius 1 is 1.50 bits per heavy atom. The molecular weight excluding hydrogens is 200 g/mol. The van der Waals surface area contributed by atoms with Crippen LogP contribution in [-0.4, -0.2) is 17.7 Å². The average molecular weight is 212 g/mol. The van der Waals surface area contributed by atoms with Crippen LogP contribution in [0.3, 0.4) is 0 Å². The maximum absolute atomic E-state index is 10.3. The lowest BCUT2D eigenvalue weighted by molar-refractivity contribution is -0.139. The summed E-state index contributed by atoms with van der Waals surface area (Å²) in [4.78, 5) is 11.7. The van der Waals surface area contributed by atoms with Gasteiger partial charge in [-0.25, -0.2) is 4.79 Å². The molecule has 76 valence electrons. The molecule has 0 atom stereocenters. The lowest BCUT2D eigenvalue weighted by Crippen LogP contribution is -2.10. The Kier molecular flexibility index (Phi) is 2.72. The standard InChI is InChI=1S/C10H12O3S/c11-10(12)5-13-8-6-14-9-4-2-1-3-7(8)9/h6H,1-5H2,(H,11,12). The molecule has 1 aliphatic carbocycles. The summed E-state index contributed by atoms with van der Waals surface area (Å²) in [5, 5.41) is 10.4. The van der Waals surface area contributed by atoms with Gasteiger partial charge >= 0.3 is 5.97 Å². The second-order valence-electron chi connectivity index (χ2n) is 3.39. The maximum Gasteiger partial charge on any atom is 0.341 e. The molecule has 1 N–H and O–H groups in total. The van der Waals surface area contributed by atoms with Crippen LogP contribution >= 0.6 is 11.3 Å². The topological polar surface area (TPSA) is 46.5 Å². The number of carboxylic acid groups (broad SMARTS) is 1. The van der Waals surface area contributed by atoms with E-state index in [9.17, 15) is 4.79 Å². The van der Waals surface area contributed by atoms with Gasteiger partial charge in [0.1, 0.15) is 5.75 Å². The number of aliphatic carboxylic acids is 1. The summed E-state index contributed by atoms with van der Waals surface area (Å²) in [6.07, 6.45) is 4.59. The number of carbonyl (C=O) groups is 1. The van der Waals surface area contributed by atoms with Crippen molar-refractivity contribution in [2.75, 3.05) is 6.61 Å². The highest BCUT2D eigenvalue weighted by molar-refractivity contribution is 7.10. The summed E-state index contributed by atoms with van der Waals surface area (Å²) in [5.74, 6) is -0.132. The van der Waals surface area contributed by atoms with Gasteiger partial charge in [-0.15, -0.1) is 11.3 Å². The van der Waals surface area contributed by atoms with E-state index in [4.69, 9.17) is 9.84 Å². The Morgan fingerprint density at radius 3 is 3.07 bits per heavy atom. The number of aryl methyl sites for hydroxylation is 1. The molecule has 1 aromatic rings. The van der Waals surface area contributed by atoms with Crippen LogP contribution in [0.25, 0.3) is 0 Å². The Bertz CT molecular complexity index is 343. The van der Waals surface area contributed by atoms with E-state index in [1.165, 1.54) is 23.3 Å². The monoisotopic (exact) mass is 212 g/mol. The lowest BCUT2D eigenvalue weighted by atomic mass is 9.99. The van der Waals surface area contributed by atoms with Crippen molar-refractivity contribution in [1.82, 2.24) is 0 Å². The van der Waals surface area contributed by atoms with Gasteiger partial charge in [-0.1, -0.05) is 0 Å². The Labute approximate surface area is 86.3 Å². The van der Waals surface area contributed by atoms with Crippen molar-refractivity contribution in [3.05, 3.63) is 15.8 Å². The minimum Gasteiger partial charge on any atom is -0.481 e. The fourth-order valence-corrected chi connectivity index (χ4v) is 2.79. The first-order chi connectivity index (χ1) is 6.77.